The van der Waals surface area contributed by atoms with Gasteiger partial charge in [-0.25, -0.2) is 4.79 Å². The summed E-state index contributed by atoms with van der Waals surface area (Å²) in [5.74, 6) is -0.911. The molecule has 1 aromatic heterocycles. The van der Waals surface area contributed by atoms with Gasteiger partial charge in [0, 0.05) is 11.8 Å². The predicted molar refractivity (Wildman–Crippen MR) is 76.7 cm³/mol. The lowest BCUT2D eigenvalue weighted by atomic mass is 9.96. The van der Waals surface area contributed by atoms with E-state index < -0.39 is 5.97 Å². The first-order valence-corrected chi connectivity index (χ1v) is 7.13. The standard InChI is InChI=1S/C16H18N2O2/c19-16(20)14-11-18(13-9-5-2-6-10-13)17-15(14)12-7-3-1-4-8-12/h1,3-4,7-8,11,13H,2,5-6,9-10H2,(H,19,20). The van der Waals surface area contributed by atoms with Crippen LogP contribution in [0.1, 0.15) is 48.5 Å². The van der Waals surface area contributed by atoms with Crippen molar-refractivity contribution in [2.45, 2.75) is 38.1 Å². The van der Waals surface area contributed by atoms with Crippen LogP contribution in [0.15, 0.2) is 36.5 Å². The number of rotatable bonds is 3. The van der Waals surface area contributed by atoms with Gasteiger partial charge in [-0.2, -0.15) is 5.10 Å². The summed E-state index contributed by atoms with van der Waals surface area (Å²) in [5.41, 5.74) is 1.73. The maximum atomic E-state index is 11.4. The highest BCUT2D eigenvalue weighted by molar-refractivity contribution is 5.94. The van der Waals surface area contributed by atoms with Gasteiger partial charge in [0.05, 0.1) is 6.04 Å². The Labute approximate surface area is 118 Å². The van der Waals surface area contributed by atoms with Crippen LogP contribution in [0, 0.1) is 0 Å². The maximum absolute atomic E-state index is 11.4. The summed E-state index contributed by atoms with van der Waals surface area (Å²) in [4.78, 5) is 11.4. The van der Waals surface area contributed by atoms with Crippen LogP contribution in [-0.2, 0) is 0 Å². The number of carbonyl (C=O) groups is 1. The number of benzene rings is 1. The molecular formula is C16H18N2O2. The van der Waals surface area contributed by atoms with Gasteiger partial charge in [0.25, 0.3) is 0 Å². The molecule has 0 unspecified atom stereocenters. The zero-order valence-corrected chi connectivity index (χ0v) is 11.3. The van der Waals surface area contributed by atoms with Gasteiger partial charge < -0.3 is 5.11 Å². The molecular weight excluding hydrogens is 252 g/mol. The van der Waals surface area contributed by atoms with Crippen LogP contribution in [0.4, 0.5) is 0 Å². The van der Waals surface area contributed by atoms with E-state index in [1.54, 1.807) is 6.20 Å². The van der Waals surface area contributed by atoms with E-state index in [4.69, 9.17) is 0 Å². The third-order valence-electron chi connectivity index (χ3n) is 3.96. The van der Waals surface area contributed by atoms with Crippen molar-refractivity contribution in [3.8, 4) is 11.3 Å². The molecule has 4 heteroatoms. The third-order valence-corrected chi connectivity index (χ3v) is 3.96. The van der Waals surface area contributed by atoms with Gasteiger partial charge in [-0.3, -0.25) is 4.68 Å². The number of aromatic carboxylic acids is 1. The second-order valence-corrected chi connectivity index (χ2v) is 5.33. The summed E-state index contributed by atoms with van der Waals surface area (Å²) in [6, 6.07) is 9.88. The molecule has 2 aromatic rings. The number of hydrogen-bond donors (Lipinski definition) is 1. The van der Waals surface area contributed by atoms with Crippen LogP contribution >= 0.6 is 0 Å². The molecule has 0 amide bonds. The summed E-state index contributed by atoms with van der Waals surface area (Å²) in [7, 11) is 0. The van der Waals surface area contributed by atoms with Crippen molar-refractivity contribution in [1.82, 2.24) is 9.78 Å². The molecule has 1 saturated carbocycles. The molecule has 1 aliphatic carbocycles. The average molecular weight is 270 g/mol. The summed E-state index contributed by atoms with van der Waals surface area (Å²) in [6.07, 6.45) is 7.56. The first-order valence-electron chi connectivity index (χ1n) is 7.13. The molecule has 1 aromatic carbocycles. The quantitative estimate of drug-likeness (QED) is 0.924. The number of hydrogen-bond acceptors (Lipinski definition) is 2. The van der Waals surface area contributed by atoms with Gasteiger partial charge in [-0.1, -0.05) is 49.6 Å². The lowest BCUT2D eigenvalue weighted by molar-refractivity contribution is 0.0697. The molecule has 20 heavy (non-hydrogen) atoms. The van der Waals surface area contributed by atoms with Crippen molar-refractivity contribution in [3.63, 3.8) is 0 Å². The monoisotopic (exact) mass is 270 g/mol. The van der Waals surface area contributed by atoms with E-state index >= 15 is 0 Å². The number of carboxylic acid groups (broad SMARTS) is 1. The average Bonchev–Trinajstić information content (AvgIpc) is 2.94. The van der Waals surface area contributed by atoms with E-state index in [-0.39, 0.29) is 0 Å². The Morgan fingerprint density at radius 2 is 1.85 bits per heavy atom. The minimum Gasteiger partial charge on any atom is -0.478 e. The van der Waals surface area contributed by atoms with E-state index in [0.717, 1.165) is 18.4 Å². The fourth-order valence-electron chi connectivity index (χ4n) is 2.89. The van der Waals surface area contributed by atoms with Gasteiger partial charge in [-0.05, 0) is 12.8 Å². The topological polar surface area (TPSA) is 55.1 Å². The molecule has 1 aliphatic rings. The lowest BCUT2D eigenvalue weighted by Gasteiger charge is -2.21. The molecule has 3 rings (SSSR count). The highest BCUT2D eigenvalue weighted by Gasteiger charge is 2.22. The molecule has 104 valence electrons. The summed E-state index contributed by atoms with van der Waals surface area (Å²) in [5, 5.41) is 13.9. The van der Waals surface area contributed by atoms with E-state index in [0.29, 0.717) is 17.3 Å². The van der Waals surface area contributed by atoms with Crippen LogP contribution in [0.5, 0.6) is 0 Å². The Kier molecular flexibility index (Phi) is 3.54. The van der Waals surface area contributed by atoms with E-state index in [9.17, 15) is 9.90 Å². The predicted octanol–water partition coefficient (Wildman–Crippen LogP) is 3.75. The second-order valence-electron chi connectivity index (χ2n) is 5.33. The highest BCUT2D eigenvalue weighted by atomic mass is 16.4. The van der Waals surface area contributed by atoms with E-state index in [1.165, 1.54) is 19.3 Å². The van der Waals surface area contributed by atoms with Crippen LogP contribution in [-0.4, -0.2) is 20.9 Å². The van der Waals surface area contributed by atoms with Gasteiger partial charge in [0.2, 0.25) is 0 Å². The van der Waals surface area contributed by atoms with Crippen LogP contribution in [0.25, 0.3) is 11.3 Å². The van der Waals surface area contributed by atoms with Crippen molar-refractivity contribution in [1.29, 1.82) is 0 Å². The Bertz CT molecular complexity index is 598. The number of carboxylic acids is 1. The van der Waals surface area contributed by atoms with Crippen molar-refractivity contribution in [3.05, 3.63) is 42.1 Å². The molecule has 1 fully saturated rings. The second kappa shape index (κ2) is 5.49. The summed E-state index contributed by atoms with van der Waals surface area (Å²) >= 11 is 0. The molecule has 0 radical (unpaired) electrons. The Balaban J connectivity index is 2.00. The summed E-state index contributed by atoms with van der Waals surface area (Å²) in [6.45, 7) is 0. The Morgan fingerprint density at radius 3 is 2.50 bits per heavy atom. The normalized spacial score (nSPS) is 16.2. The van der Waals surface area contributed by atoms with Crippen molar-refractivity contribution in [2.75, 3.05) is 0 Å². The molecule has 0 aliphatic heterocycles. The van der Waals surface area contributed by atoms with Crippen molar-refractivity contribution in [2.24, 2.45) is 0 Å². The zero-order valence-electron chi connectivity index (χ0n) is 11.3. The molecule has 0 spiro atoms. The molecule has 4 nitrogen and oxygen atoms in total. The fraction of sp³-hybridized carbons (Fsp3) is 0.375. The smallest absolute Gasteiger partial charge is 0.339 e. The van der Waals surface area contributed by atoms with Crippen LogP contribution < -0.4 is 0 Å². The molecule has 1 heterocycles. The van der Waals surface area contributed by atoms with Gasteiger partial charge in [0.1, 0.15) is 11.3 Å². The SMILES string of the molecule is O=C(O)c1cn(C2CCCCC2)nc1-c1ccccc1. The van der Waals surface area contributed by atoms with Crippen LogP contribution in [0.2, 0.25) is 0 Å². The first kappa shape index (κ1) is 12.9. The number of aromatic nitrogens is 2. The van der Waals surface area contributed by atoms with Gasteiger partial charge in [-0.15, -0.1) is 0 Å². The number of nitrogens with zero attached hydrogens (tertiary/aromatic N) is 2. The van der Waals surface area contributed by atoms with Gasteiger partial charge in [0.15, 0.2) is 0 Å². The third kappa shape index (κ3) is 2.46. The Hall–Kier alpha value is -2.10. The minimum absolute atomic E-state index is 0.293. The zero-order chi connectivity index (χ0) is 13.9. The van der Waals surface area contributed by atoms with Gasteiger partial charge >= 0.3 is 5.97 Å². The van der Waals surface area contributed by atoms with Crippen molar-refractivity contribution >= 4 is 5.97 Å². The Morgan fingerprint density at radius 1 is 1.15 bits per heavy atom. The highest BCUT2D eigenvalue weighted by Crippen LogP contribution is 2.30. The van der Waals surface area contributed by atoms with E-state index in [1.807, 2.05) is 35.0 Å². The maximum Gasteiger partial charge on any atom is 0.339 e. The van der Waals surface area contributed by atoms with Crippen molar-refractivity contribution < 1.29 is 9.90 Å². The first-order chi connectivity index (χ1) is 9.75. The lowest BCUT2D eigenvalue weighted by Crippen LogP contribution is -2.13. The summed E-state index contributed by atoms with van der Waals surface area (Å²) < 4.78 is 1.87. The molecule has 1 N–H and O–H groups in total. The molecule has 0 saturated heterocycles. The molecule has 0 atom stereocenters. The fourth-order valence-corrected chi connectivity index (χ4v) is 2.89. The molecule has 0 bridgehead atoms. The van der Waals surface area contributed by atoms with E-state index in [2.05, 4.69) is 5.10 Å². The largest absolute Gasteiger partial charge is 0.478 e. The van der Waals surface area contributed by atoms with Crippen LogP contribution in [0.3, 0.4) is 0 Å². The minimum atomic E-state index is -0.911.